The lowest BCUT2D eigenvalue weighted by Crippen LogP contribution is -2.27. The Balaban J connectivity index is 1.50. The van der Waals surface area contributed by atoms with Crippen molar-refractivity contribution in [3.63, 3.8) is 0 Å². The average molecular weight is 492 g/mol. The third-order valence-electron chi connectivity index (χ3n) is 4.94. The molecule has 1 aromatic heterocycles. The van der Waals surface area contributed by atoms with E-state index in [4.69, 9.17) is 9.15 Å². The summed E-state index contributed by atoms with van der Waals surface area (Å²) >= 11 is 3.32. The summed E-state index contributed by atoms with van der Waals surface area (Å²) in [5.41, 5.74) is 0.600. The Morgan fingerprint density at radius 3 is 2.47 bits per heavy atom. The molecule has 2 heterocycles. The first kappa shape index (κ1) is 20.8. The molecule has 7 nitrogen and oxygen atoms in total. The van der Waals surface area contributed by atoms with Gasteiger partial charge in [0, 0.05) is 34.6 Å². The van der Waals surface area contributed by atoms with E-state index in [1.54, 1.807) is 18.2 Å². The molecule has 9 heteroatoms. The second-order valence-corrected chi connectivity index (χ2v) is 9.80. The molecule has 0 bridgehead atoms. The summed E-state index contributed by atoms with van der Waals surface area (Å²) in [5, 5.41) is 0.664. The highest BCUT2D eigenvalue weighted by Crippen LogP contribution is 2.23. The van der Waals surface area contributed by atoms with E-state index in [1.165, 1.54) is 34.6 Å². The monoisotopic (exact) mass is 491 g/mol. The quantitative estimate of drug-likeness (QED) is 0.399. The number of hydrogen-bond acceptors (Lipinski definition) is 6. The van der Waals surface area contributed by atoms with Gasteiger partial charge in [0.05, 0.1) is 10.5 Å². The minimum absolute atomic E-state index is 0.115. The Kier molecular flexibility index (Phi) is 5.77. The lowest BCUT2D eigenvalue weighted by Gasteiger charge is -2.15. The molecule has 0 atom stereocenters. The van der Waals surface area contributed by atoms with Crippen LogP contribution < -0.4 is 5.63 Å². The van der Waals surface area contributed by atoms with Crippen LogP contribution in [-0.4, -0.2) is 31.8 Å². The van der Waals surface area contributed by atoms with Crippen LogP contribution in [0.4, 0.5) is 0 Å². The molecule has 0 aliphatic carbocycles. The number of nitrogens with zero attached hydrogens (tertiary/aromatic N) is 1. The maximum absolute atomic E-state index is 12.6. The van der Waals surface area contributed by atoms with Crippen LogP contribution in [0.25, 0.3) is 11.0 Å². The Bertz CT molecular complexity index is 1260. The molecule has 0 spiro atoms. The molecular weight excluding hydrogens is 474 g/mol. The first-order valence-corrected chi connectivity index (χ1v) is 11.6. The van der Waals surface area contributed by atoms with E-state index in [2.05, 4.69) is 15.9 Å². The molecule has 3 aromatic rings. The number of sulfonamides is 1. The van der Waals surface area contributed by atoms with Gasteiger partial charge in [-0.3, -0.25) is 0 Å². The first-order valence-electron chi connectivity index (χ1n) is 9.34. The second-order valence-electron chi connectivity index (χ2n) is 6.94. The number of carbonyl (C=O) groups is 1. The van der Waals surface area contributed by atoms with Gasteiger partial charge in [-0.15, -0.1) is 0 Å². The summed E-state index contributed by atoms with van der Waals surface area (Å²) in [7, 11) is -3.54. The smallest absolute Gasteiger partial charge is 0.338 e. The fraction of sp³-hybridized carbons (Fsp3) is 0.238. The number of esters is 1. The van der Waals surface area contributed by atoms with Crippen molar-refractivity contribution in [1.82, 2.24) is 4.31 Å². The van der Waals surface area contributed by atoms with E-state index in [1.807, 2.05) is 0 Å². The minimum Gasteiger partial charge on any atom is -0.457 e. The van der Waals surface area contributed by atoms with Crippen LogP contribution >= 0.6 is 15.9 Å². The summed E-state index contributed by atoms with van der Waals surface area (Å²) in [5.74, 6) is -0.612. The van der Waals surface area contributed by atoms with E-state index in [0.29, 0.717) is 29.6 Å². The Morgan fingerprint density at radius 1 is 1.07 bits per heavy atom. The van der Waals surface area contributed by atoms with Crippen molar-refractivity contribution in [2.75, 3.05) is 13.1 Å². The van der Waals surface area contributed by atoms with Gasteiger partial charge in [0.2, 0.25) is 10.0 Å². The average Bonchev–Trinajstić information content (AvgIpc) is 3.27. The third-order valence-corrected chi connectivity index (χ3v) is 7.35. The van der Waals surface area contributed by atoms with E-state index in [0.717, 1.165) is 17.3 Å². The van der Waals surface area contributed by atoms with Crippen molar-refractivity contribution in [2.45, 2.75) is 24.3 Å². The van der Waals surface area contributed by atoms with Crippen LogP contribution in [0, 0.1) is 0 Å². The third kappa shape index (κ3) is 4.19. The SMILES string of the molecule is O=C(OCc1cc(=O)oc2cc(Br)ccc12)c1ccc(S(=O)(=O)N2CCCC2)cc1. The van der Waals surface area contributed by atoms with Crippen molar-refractivity contribution < 1.29 is 22.4 Å². The Morgan fingerprint density at radius 2 is 1.77 bits per heavy atom. The van der Waals surface area contributed by atoms with Crippen molar-refractivity contribution in [2.24, 2.45) is 0 Å². The molecule has 2 aromatic carbocycles. The molecule has 1 aliphatic heterocycles. The zero-order valence-electron chi connectivity index (χ0n) is 15.8. The molecular formula is C21H18BrNO6S. The van der Waals surface area contributed by atoms with Crippen LogP contribution in [-0.2, 0) is 21.4 Å². The highest BCUT2D eigenvalue weighted by Gasteiger charge is 2.27. The minimum atomic E-state index is -3.54. The van der Waals surface area contributed by atoms with Gasteiger partial charge >= 0.3 is 11.6 Å². The standard InChI is InChI=1S/C21H18BrNO6S/c22-16-5-8-18-15(11-20(24)29-19(18)12-16)13-28-21(25)14-3-6-17(7-4-14)30(26,27)23-9-1-2-10-23/h3-8,11-12H,1-2,9-10,13H2. The van der Waals surface area contributed by atoms with Crippen molar-refractivity contribution in [1.29, 1.82) is 0 Å². The van der Waals surface area contributed by atoms with Crippen molar-refractivity contribution >= 4 is 42.9 Å². The number of ether oxygens (including phenoxy) is 1. The fourth-order valence-electron chi connectivity index (χ4n) is 3.39. The molecule has 0 unspecified atom stereocenters. The normalized spacial score (nSPS) is 14.8. The van der Waals surface area contributed by atoms with Crippen LogP contribution in [0.5, 0.6) is 0 Å². The molecule has 30 heavy (non-hydrogen) atoms. The number of benzene rings is 2. The zero-order chi connectivity index (χ0) is 21.3. The van der Waals surface area contributed by atoms with Gasteiger partial charge in [0.15, 0.2) is 0 Å². The van der Waals surface area contributed by atoms with Gasteiger partial charge in [-0.05, 0) is 55.3 Å². The summed E-state index contributed by atoms with van der Waals surface area (Å²) in [6.07, 6.45) is 1.71. The van der Waals surface area contributed by atoms with Gasteiger partial charge in [-0.2, -0.15) is 4.31 Å². The van der Waals surface area contributed by atoms with Crippen LogP contribution in [0.1, 0.15) is 28.8 Å². The number of rotatable bonds is 5. The molecule has 4 rings (SSSR count). The topological polar surface area (TPSA) is 93.9 Å². The molecule has 0 N–H and O–H groups in total. The second kappa shape index (κ2) is 8.33. The van der Waals surface area contributed by atoms with Gasteiger partial charge in [0.1, 0.15) is 12.2 Å². The molecule has 1 fully saturated rings. The molecule has 0 amide bonds. The van der Waals surface area contributed by atoms with Crippen LogP contribution in [0.15, 0.2) is 67.1 Å². The maximum Gasteiger partial charge on any atom is 0.338 e. The number of carbonyl (C=O) groups excluding carboxylic acids is 1. The number of hydrogen-bond donors (Lipinski definition) is 0. The largest absolute Gasteiger partial charge is 0.457 e. The molecule has 0 saturated carbocycles. The van der Waals surface area contributed by atoms with Crippen molar-refractivity contribution in [3.8, 4) is 0 Å². The summed E-state index contributed by atoms with van der Waals surface area (Å²) < 4.78 is 37.9. The number of halogens is 1. The maximum atomic E-state index is 12.6. The highest BCUT2D eigenvalue weighted by molar-refractivity contribution is 9.10. The molecule has 156 valence electrons. The lowest BCUT2D eigenvalue weighted by molar-refractivity contribution is 0.0473. The Hall–Kier alpha value is -2.49. The van der Waals surface area contributed by atoms with E-state index < -0.39 is 21.6 Å². The van der Waals surface area contributed by atoms with Crippen LogP contribution in [0.2, 0.25) is 0 Å². The predicted molar refractivity (Wildman–Crippen MR) is 114 cm³/mol. The molecule has 1 saturated heterocycles. The van der Waals surface area contributed by atoms with E-state index >= 15 is 0 Å². The first-order chi connectivity index (χ1) is 14.3. The Labute approximate surface area is 181 Å². The molecule has 0 radical (unpaired) electrons. The fourth-order valence-corrected chi connectivity index (χ4v) is 5.25. The van der Waals surface area contributed by atoms with E-state index in [9.17, 15) is 18.0 Å². The highest BCUT2D eigenvalue weighted by atomic mass is 79.9. The summed E-state index contributed by atoms with van der Waals surface area (Å²) in [4.78, 5) is 24.4. The predicted octanol–water partition coefficient (Wildman–Crippen LogP) is 3.70. The van der Waals surface area contributed by atoms with Gasteiger partial charge < -0.3 is 9.15 Å². The van der Waals surface area contributed by atoms with Gasteiger partial charge in [-0.25, -0.2) is 18.0 Å². The number of fused-ring (bicyclic) bond motifs is 1. The van der Waals surface area contributed by atoms with Gasteiger partial charge in [0.25, 0.3) is 0 Å². The molecule has 1 aliphatic rings. The van der Waals surface area contributed by atoms with Crippen molar-refractivity contribution in [3.05, 3.63) is 74.6 Å². The summed E-state index contributed by atoms with van der Waals surface area (Å²) in [6.45, 7) is 0.916. The van der Waals surface area contributed by atoms with Crippen LogP contribution in [0.3, 0.4) is 0 Å². The lowest BCUT2D eigenvalue weighted by atomic mass is 10.1. The summed E-state index contributed by atoms with van der Waals surface area (Å²) in [6, 6.07) is 12.2. The van der Waals surface area contributed by atoms with Gasteiger partial charge in [-0.1, -0.05) is 15.9 Å². The van der Waals surface area contributed by atoms with E-state index in [-0.39, 0.29) is 17.1 Å². The zero-order valence-corrected chi connectivity index (χ0v) is 18.2.